The summed E-state index contributed by atoms with van der Waals surface area (Å²) in [6, 6.07) is 22.3. The molecule has 0 N–H and O–H groups in total. The van der Waals surface area contributed by atoms with Crippen molar-refractivity contribution in [2.45, 2.75) is 37.9 Å². The van der Waals surface area contributed by atoms with E-state index in [0.29, 0.717) is 41.2 Å². The van der Waals surface area contributed by atoms with Crippen LogP contribution in [0, 0.1) is 5.95 Å². The second kappa shape index (κ2) is 8.79. The monoisotopic (exact) mass is 508 g/mol. The number of carbonyl (C=O) groups is 1. The van der Waals surface area contributed by atoms with E-state index in [0.717, 1.165) is 30.4 Å². The first-order valence-electron chi connectivity index (χ1n) is 12.8. The van der Waals surface area contributed by atoms with Crippen molar-refractivity contribution in [2.24, 2.45) is 4.99 Å². The highest BCUT2D eigenvalue weighted by atomic mass is 19.1. The van der Waals surface area contributed by atoms with Crippen LogP contribution in [0.5, 0.6) is 11.6 Å². The van der Waals surface area contributed by atoms with Crippen LogP contribution in [0.1, 0.15) is 35.2 Å². The van der Waals surface area contributed by atoms with Gasteiger partial charge in [-0.2, -0.15) is 9.49 Å². The van der Waals surface area contributed by atoms with Gasteiger partial charge < -0.3 is 4.74 Å². The summed E-state index contributed by atoms with van der Waals surface area (Å²) in [4.78, 5) is 26.2. The predicted octanol–water partition coefficient (Wildman–Crippen LogP) is 5.11. The Balaban J connectivity index is 1.29. The number of anilines is 1. The van der Waals surface area contributed by atoms with Gasteiger partial charge in [0.1, 0.15) is 11.3 Å². The molecule has 2 aromatic carbocycles. The maximum absolute atomic E-state index is 13.6. The average Bonchev–Trinajstić information content (AvgIpc) is 3.62. The summed E-state index contributed by atoms with van der Waals surface area (Å²) in [6.45, 7) is 0.386. The summed E-state index contributed by atoms with van der Waals surface area (Å²) in [5.41, 5.74) is 2.79. The molecule has 0 radical (unpaired) electrons. The Morgan fingerprint density at radius 2 is 1.82 bits per heavy atom. The zero-order valence-corrected chi connectivity index (χ0v) is 20.8. The van der Waals surface area contributed by atoms with Crippen LogP contribution < -0.4 is 9.64 Å². The second-order valence-electron chi connectivity index (χ2n) is 9.85. The van der Waals surface area contributed by atoms with E-state index in [4.69, 9.17) is 14.8 Å². The van der Waals surface area contributed by atoms with Crippen LogP contribution >= 0.6 is 0 Å². The number of hydrogen-bond acceptors (Lipinski definition) is 6. The van der Waals surface area contributed by atoms with E-state index in [9.17, 15) is 9.18 Å². The van der Waals surface area contributed by atoms with Crippen LogP contribution in [0.25, 0.3) is 11.3 Å². The minimum Gasteiger partial charge on any atom is -0.438 e. The Morgan fingerprint density at radius 3 is 2.61 bits per heavy atom. The van der Waals surface area contributed by atoms with Gasteiger partial charge in [-0.15, -0.1) is 0 Å². The highest BCUT2D eigenvalue weighted by molar-refractivity contribution is 6.20. The standard InChI is InChI=1S/C29H25FN6O2/c1-34-27(37)25-26(36-23-11-5-10-22(23)32-29(34)36)33-35(28(25)38-20-7-3-2-4-8-20)17-18-13-15-19(16-14-18)21-9-6-12-24(30)31-21/h2-4,6-9,12-16,22-23H,5,10-11,17H2,1H3/t22-,23+/m1/s1. The van der Waals surface area contributed by atoms with Crippen LogP contribution in [0.15, 0.2) is 77.8 Å². The molecule has 4 heterocycles. The Kier molecular flexibility index (Phi) is 5.24. The quantitative estimate of drug-likeness (QED) is 0.350. The number of benzene rings is 2. The lowest BCUT2D eigenvalue weighted by Gasteiger charge is -2.33. The van der Waals surface area contributed by atoms with Crippen LogP contribution in [-0.4, -0.2) is 50.7 Å². The van der Waals surface area contributed by atoms with Gasteiger partial charge in [0.05, 0.1) is 24.3 Å². The van der Waals surface area contributed by atoms with Crippen molar-refractivity contribution in [3.8, 4) is 22.9 Å². The molecule has 9 heteroatoms. The van der Waals surface area contributed by atoms with Gasteiger partial charge in [-0.25, -0.2) is 14.7 Å². The van der Waals surface area contributed by atoms with E-state index in [1.165, 1.54) is 6.07 Å². The Morgan fingerprint density at radius 1 is 1.00 bits per heavy atom. The number of ether oxygens (including phenoxy) is 1. The fourth-order valence-electron chi connectivity index (χ4n) is 5.61. The zero-order chi connectivity index (χ0) is 25.8. The van der Waals surface area contributed by atoms with E-state index < -0.39 is 5.95 Å². The van der Waals surface area contributed by atoms with Crippen molar-refractivity contribution in [3.63, 3.8) is 0 Å². The summed E-state index contributed by atoms with van der Waals surface area (Å²) in [5, 5.41) is 4.95. The van der Waals surface area contributed by atoms with Crippen molar-refractivity contribution in [1.29, 1.82) is 0 Å². The molecule has 38 heavy (non-hydrogen) atoms. The van der Waals surface area contributed by atoms with Gasteiger partial charge >= 0.3 is 0 Å². The molecule has 1 fully saturated rings. The summed E-state index contributed by atoms with van der Waals surface area (Å²) in [7, 11) is 1.76. The molecule has 2 aliphatic heterocycles. The summed E-state index contributed by atoms with van der Waals surface area (Å²) < 4.78 is 21.7. The largest absolute Gasteiger partial charge is 0.438 e. The molecular weight excluding hydrogens is 483 g/mol. The fraction of sp³-hybridized carbons (Fsp3) is 0.241. The van der Waals surface area contributed by atoms with E-state index in [1.54, 1.807) is 28.8 Å². The Hall–Kier alpha value is -4.53. The van der Waals surface area contributed by atoms with E-state index >= 15 is 0 Å². The molecule has 8 nitrogen and oxygen atoms in total. The molecule has 1 saturated carbocycles. The number of aromatic nitrogens is 3. The zero-order valence-electron chi connectivity index (χ0n) is 20.8. The lowest BCUT2D eigenvalue weighted by atomic mass is 10.1. The molecule has 4 aromatic rings. The van der Waals surface area contributed by atoms with Crippen LogP contribution in [-0.2, 0) is 6.54 Å². The maximum atomic E-state index is 13.6. The van der Waals surface area contributed by atoms with Crippen molar-refractivity contribution in [1.82, 2.24) is 19.7 Å². The second-order valence-corrected chi connectivity index (χ2v) is 9.85. The molecular formula is C29H25FN6O2. The van der Waals surface area contributed by atoms with Gasteiger partial charge in [-0.3, -0.25) is 14.6 Å². The molecule has 3 aliphatic rings. The third-order valence-corrected chi connectivity index (χ3v) is 7.46. The van der Waals surface area contributed by atoms with Crippen LogP contribution in [0.4, 0.5) is 10.2 Å². The molecule has 190 valence electrons. The maximum Gasteiger partial charge on any atom is 0.269 e. The number of aliphatic imine (C=N–C) groups is 1. The number of halogens is 1. The molecule has 1 amide bonds. The molecule has 0 unspecified atom stereocenters. The fourth-order valence-corrected chi connectivity index (χ4v) is 5.61. The molecule has 0 bridgehead atoms. The van der Waals surface area contributed by atoms with Gasteiger partial charge in [-0.1, -0.05) is 48.5 Å². The smallest absolute Gasteiger partial charge is 0.269 e. The summed E-state index contributed by atoms with van der Waals surface area (Å²) in [6.07, 6.45) is 3.13. The van der Waals surface area contributed by atoms with E-state index in [2.05, 4.69) is 9.88 Å². The van der Waals surface area contributed by atoms with Crippen molar-refractivity contribution in [2.75, 3.05) is 11.9 Å². The number of para-hydroxylation sites is 1. The molecule has 7 rings (SSSR count). The van der Waals surface area contributed by atoms with E-state index in [-0.39, 0.29) is 18.0 Å². The lowest BCUT2D eigenvalue weighted by Crippen LogP contribution is -2.51. The number of amides is 1. The topological polar surface area (TPSA) is 75.8 Å². The Bertz CT molecular complexity index is 1570. The summed E-state index contributed by atoms with van der Waals surface area (Å²) in [5.74, 6) is 1.60. The number of pyridine rings is 1. The number of guanidine groups is 1. The first-order chi connectivity index (χ1) is 18.6. The van der Waals surface area contributed by atoms with Gasteiger partial charge in [-0.05, 0) is 49.1 Å². The summed E-state index contributed by atoms with van der Waals surface area (Å²) >= 11 is 0. The van der Waals surface area contributed by atoms with Crippen LogP contribution in [0.2, 0.25) is 0 Å². The number of carbonyl (C=O) groups excluding carboxylic acids is 1. The number of fused-ring (bicyclic) bond motifs is 5. The van der Waals surface area contributed by atoms with E-state index in [1.807, 2.05) is 54.6 Å². The predicted molar refractivity (Wildman–Crippen MR) is 141 cm³/mol. The average molecular weight is 509 g/mol. The normalized spacial score (nSPS) is 19.7. The molecule has 0 saturated heterocycles. The van der Waals surface area contributed by atoms with Gasteiger partial charge in [0, 0.05) is 12.6 Å². The molecule has 0 spiro atoms. The molecule has 2 aromatic heterocycles. The number of rotatable bonds is 5. The SMILES string of the molecule is CN1C(=O)c2c(nn(Cc3ccc(-c4cccc(F)n4)cc3)c2Oc2ccccc2)N2C1=N[C@@H]1CCC[C@@H]12. The number of nitrogens with zero attached hydrogens (tertiary/aromatic N) is 6. The molecule has 2 atom stereocenters. The highest BCUT2D eigenvalue weighted by Crippen LogP contribution is 2.44. The lowest BCUT2D eigenvalue weighted by molar-refractivity contribution is 0.0862. The third-order valence-electron chi connectivity index (χ3n) is 7.46. The molecule has 1 aliphatic carbocycles. The van der Waals surface area contributed by atoms with Crippen molar-refractivity contribution >= 4 is 17.7 Å². The van der Waals surface area contributed by atoms with Gasteiger partial charge in [0.2, 0.25) is 17.8 Å². The van der Waals surface area contributed by atoms with Crippen molar-refractivity contribution < 1.29 is 13.9 Å². The Labute approximate surface area is 219 Å². The minimum atomic E-state index is -0.514. The first-order valence-corrected chi connectivity index (χ1v) is 12.8. The van der Waals surface area contributed by atoms with Gasteiger partial charge in [0.25, 0.3) is 5.91 Å². The van der Waals surface area contributed by atoms with Gasteiger partial charge in [0.15, 0.2) is 5.82 Å². The first kappa shape index (κ1) is 22.7. The van der Waals surface area contributed by atoms with Crippen LogP contribution in [0.3, 0.4) is 0 Å². The minimum absolute atomic E-state index is 0.179. The van der Waals surface area contributed by atoms with Crippen molar-refractivity contribution in [3.05, 3.63) is 89.9 Å². The number of hydrogen-bond donors (Lipinski definition) is 0. The third kappa shape index (κ3) is 3.65. The highest BCUT2D eigenvalue weighted by Gasteiger charge is 2.49.